The number of hydrogen-bond donors (Lipinski definition) is 0. The summed E-state index contributed by atoms with van der Waals surface area (Å²) in [6, 6.07) is 11.7. The van der Waals surface area contributed by atoms with Crippen molar-refractivity contribution in [3.63, 3.8) is 0 Å². The lowest BCUT2D eigenvalue weighted by atomic mass is 9.76. The zero-order valence-corrected chi connectivity index (χ0v) is 16.8. The van der Waals surface area contributed by atoms with Gasteiger partial charge in [-0.05, 0) is 35.4 Å². The van der Waals surface area contributed by atoms with Gasteiger partial charge in [-0.2, -0.15) is 13.5 Å². The Bertz CT molecular complexity index is 855. The molecular formula is C25H24S. The van der Waals surface area contributed by atoms with E-state index in [2.05, 4.69) is 37.5 Å². The molecular weight excluding hydrogens is 332 g/mol. The van der Waals surface area contributed by atoms with E-state index >= 15 is 0 Å². The van der Waals surface area contributed by atoms with Crippen LogP contribution in [0.5, 0.6) is 0 Å². The quantitative estimate of drug-likeness (QED) is 0.659. The van der Waals surface area contributed by atoms with Gasteiger partial charge >= 0.3 is 0 Å². The van der Waals surface area contributed by atoms with E-state index in [1.165, 1.54) is 0 Å². The highest BCUT2D eigenvalue weighted by Gasteiger charge is 2.24. The number of terminal acetylenes is 4. The molecule has 130 valence electrons. The van der Waals surface area contributed by atoms with Crippen LogP contribution < -0.4 is 0 Å². The summed E-state index contributed by atoms with van der Waals surface area (Å²) in [4.78, 5) is 0. The minimum Gasteiger partial charge on any atom is -0.197 e. The third-order valence-corrected chi connectivity index (χ3v) is 4.10. The van der Waals surface area contributed by atoms with Crippen molar-refractivity contribution >= 4 is 13.5 Å². The van der Waals surface area contributed by atoms with Crippen molar-refractivity contribution < 1.29 is 0 Å². The average Bonchev–Trinajstić information content (AvgIpc) is 2.68. The second-order valence-electron chi connectivity index (χ2n) is 5.72. The zero-order valence-electron chi connectivity index (χ0n) is 15.8. The molecule has 0 fully saturated rings. The summed E-state index contributed by atoms with van der Waals surface area (Å²) in [5, 5.41) is 0. The van der Waals surface area contributed by atoms with Crippen LogP contribution in [0, 0.1) is 49.4 Å². The summed E-state index contributed by atoms with van der Waals surface area (Å²) < 4.78 is 0. The summed E-state index contributed by atoms with van der Waals surface area (Å²) in [6.45, 7) is 8.23. The van der Waals surface area contributed by atoms with Crippen LogP contribution in [0.2, 0.25) is 0 Å². The Morgan fingerprint density at radius 2 is 0.923 bits per heavy atom. The third kappa shape index (κ3) is 4.56. The van der Waals surface area contributed by atoms with Crippen LogP contribution >= 0.6 is 13.5 Å². The first-order valence-corrected chi connectivity index (χ1v) is 8.13. The van der Waals surface area contributed by atoms with Crippen LogP contribution in [-0.2, 0) is 5.41 Å². The minimum absolute atomic E-state index is 0. The minimum atomic E-state index is -0.280. The van der Waals surface area contributed by atoms with Gasteiger partial charge in [0.1, 0.15) is 0 Å². The zero-order chi connectivity index (χ0) is 19.0. The summed E-state index contributed by atoms with van der Waals surface area (Å²) in [5.41, 5.74) is 4.74. The lowest BCUT2D eigenvalue weighted by molar-refractivity contribution is 0.640. The van der Waals surface area contributed by atoms with Crippen LogP contribution in [0.1, 0.15) is 61.1 Å². The van der Waals surface area contributed by atoms with Crippen molar-refractivity contribution in [2.75, 3.05) is 0 Å². The van der Waals surface area contributed by atoms with Gasteiger partial charge in [0, 0.05) is 27.7 Å². The first-order chi connectivity index (χ1) is 12.0. The lowest BCUT2D eigenvalue weighted by Gasteiger charge is -2.27. The van der Waals surface area contributed by atoms with E-state index in [1.54, 1.807) is 0 Å². The van der Waals surface area contributed by atoms with Crippen LogP contribution in [0.4, 0.5) is 0 Å². The van der Waals surface area contributed by atoms with E-state index < -0.39 is 0 Å². The summed E-state index contributed by atoms with van der Waals surface area (Å²) >= 11 is 0. The third-order valence-electron chi connectivity index (χ3n) is 4.10. The summed E-state index contributed by atoms with van der Waals surface area (Å²) in [7, 11) is 0. The highest BCUT2D eigenvalue weighted by molar-refractivity contribution is 7.59. The maximum Gasteiger partial charge on any atom is 0.0402 e. The number of benzene rings is 2. The molecule has 0 nitrogen and oxygen atoms in total. The number of hydrogen-bond acceptors (Lipinski definition) is 0. The molecule has 0 aliphatic heterocycles. The van der Waals surface area contributed by atoms with Gasteiger partial charge in [0.15, 0.2) is 0 Å². The van der Waals surface area contributed by atoms with Crippen LogP contribution in [-0.4, -0.2) is 0 Å². The topological polar surface area (TPSA) is 0 Å². The first kappa shape index (κ1) is 23.0. The molecule has 0 radical (unpaired) electrons. The Morgan fingerprint density at radius 1 is 0.615 bits per heavy atom. The molecule has 0 N–H and O–H groups in total. The molecule has 0 spiro atoms. The molecule has 0 aliphatic rings. The molecule has 0 heterocycles. The Kier molecular flexibility index (Phi) is 8.96. The van der Waals surface area contributed by atoms with Crippen molar-refractivity contribution in [2.45, 2.75) is 33.1 Å². The smallest absolute Gasteiger partial charge is 0.0402 e. The molecule has 0 aliphatic carbocycles. The molecule has 0 unspecified atom stereocenters. The lowest BCUT2D eigenvalue weighted by Crippen LogP contribution is -2.19. The fraction of sp³-hybridized carbons (Fsp3) is 0.200. The predicted molar refractivity (Wildman–Crippen MR) is 118 cm³/mol. The molecule has 26 heavy (non-hydrogen) atoms. The fourth-order valence-corrected chi connectivity index (χ4v) is 2.52. The molecule has 2 aromatic rings. The molecule has 0 saturated carbocycles. The van der Waals surface area contributed by atoms with Crippen molar-refractivity contribution in [1.29, 1.82) is 0 Å². The molecule has 2 aromatic carbocycles. The van der Waals surface area contributed by atoms with Gasteiger partial charge < -0.3 is 0 Å². The summed E-state index contributed by atoms with van der Waals surface area (Å²) in [6.07, 6.45) is 22.1. The van der Waals surface area contributed by atoms with Gasteiger partial charge in [-0.3, -0.25) is 0 Å². The van der Waals surface area contributed by atoms with Crippen molar-refractivity contribution in [3.05, 3.63) is 69.8 Å². The second kappa shape index (κ2) is 10.1. The van der Waals surface area contributed by atoms with Gasteiger partial charge in [0.2, 0.25) is 0 Å². The molecule has 0 amide bonds. The van der Waals surface area contributed by atoms with E-state index in [0.717, 1.165) is 33.4 Å². The molecule has 0 aromatic heterocycles. The standard InChI is InChI=1S/C23H16.C2H6.H2S/c1-7-17-11-13-21(15-19(17)9-3)23(5,6)22-14-12-18(8-2)20(10-4)16-22;1-2;/h1-4,11-16H,5-6H3;1-2H3;1H2. The van der Waals surface area contributed by atoms with E-state index in [0.29, 0.717) is 0 Å². The Balaban J connectivity index is 0.00000201. The van der Waals surface area contributed by atoms with E-state index in [9.17, 15) is 0 Å². The maximum atomic E-state index is 5.57. The van der Waals surface area contributed by atoms with Gasteiger partial charge in [-0.1, -0.05) is 63.5 Å². The van der Waals surface area contributed by atoms with Gasteiger partial charge in [0.25, 0.3) is 0 Å². The van der Waals surface area contributed by atoms with Gasteiger partial charge in [-0.25, -0.2) is 0 Å². The van der Waals surface area contributed by atoms with Crippen LogP contribution in [0.3, 0.4) is 0 Å². The largest absolute Gasteiger partial charge is 0.197 e. The molecule has 0 atom stereocenters. The first-order valence-electron chi connectivity index (χ1n) is 8.13. The number of rotatable bonds is 2. The highest BCUT2D eigenvalue weighted by atomic mass is 32.1. The summed E-state index contributed by atoms with van der Waals surface area (Å²) in [5.74, 6) is 10.5. The van der Waals surface area contributed by atoms with Gasteiger partial charge in [0.05, 0.1) is 0 Å². The Hall–Kier alpha value is -2.97. The second-order valence-corrected chi connectivity index (χ2v) is 5.72. The van der Waals surface area contributed by atoms with Crippen molar-refractivity contribution in [1.82, 2.24) is 0 Å². The van der Waals surface area contributed by atoms with Crippen LogP contribution in [0.25, 0.3) is 0 Å². The Labute approximate surface area is 165 Å². The SMILES string of the molecule is C#Cc1ccc(C(C)(C)c2ccc(C#C)c(C#C)c2)cc1C#C.CC.S. The van der Waals surface area contributed by atoms with E-state index in [-0.39, 0.29) is 18.9 Å². The average molecular weight is 357 g/mol. The van der Waals surface area contributed by atoms with E-state index in [4.69, 9.17) is 25.7 Å². The fourth-order valence-electron chi connectivity index (χ4n) is 2.52. The maximum absolute atomic E-state index is 5.57. The Morgan fingerprint density at radius 3 is 1.19 bits per heavy atom. The van der Waals surface area contributed by atoms with Crippen LogP contribution in [0.15, 0.2) is 36.4 Å². The molecule has 1 heteroatoms. The molecule has 0 saturated heterocycles. The van der Waals surface area contributed by atoms with Crippen molar-refractivity contribution in [2.24, 2.45) is 0 Å². The molecule has 2 rings (SSSR count). The predicted octanol–water partition coefficient (Wildman–Crippen LogP) is 5.08. The highest BCUT2D eigenvalue weighted by Crippen LogP contribution is 2.33. The van der Waals surface area contributed by atoms with E-state index in [1.807, 2.05) is 50.2 Å². The van der Waals surface area contributed by atoms with Gasteiger partial charge in [-0.15, -0.1) is 25.7 Å². The normalized spacial score (nSPS) is 9.08. The monoisotopic (exact) mass is 356 g/mol. The molecule has 0 bridgehead atoms. The van der Waals surface area contributed by atoms with Crippen molar-refractivity contribution in [3.8, 4) is 49.4 Å².